The Bertz CT molecular complexity index is 423. The van der Waals surface area contributed by atoms with Gasteiger partial charge in [0.15, 0.2) is 0 Å². The third-order valence-electron chi connectivity index (χ3n) is 3.37. The van der Waals surface area contributed by atoms with E-state index < -0.39 is 0 Å². The lowest BCUT2D eigenvalue weighted by Crippen LogP contribution is -2.34. The zero-order valence-corrected chi connectivity index (χ0v) is 11.6. The van der Waals surface area contributed by atoms with Gasteiger partial charge in [-0.05, 0) is 37.0 Å². The highest BCUT2D eigenvalue weighted by Crippen LogP contribution is 2.28. The summed E-state index contributed by atoms with van der Waals surface area (Å²) in [5.74, 6) is 0.949. The normalized spacial score (nSPS) is 17.2. The fourth-order valence-electron chi connectivity index (χ4n) is 2.24. The van der Waals surface area contributed by atoms with Crippen LogP contribution in [0.2, 0.25) is 0 Å². The van der Waals surface area contributed by atoms with Crippen LogP contribution in [0, 0.1) is 11.3 Å². The highest BCUT2D eigenvalue weighted by molar-refractivity contribution is 9.10. The molecule has 4 heteroatoms. The highest BCUT2D eigenvalue weighted by Gasteiger charge is 2.19. The predicted octanol–water partition coefficient (Wildman–Crippen LogP) is 2.97. The van der Waals surface area contributed by atoms with Crippen molar-refractivity contribution in [3.63, 3.8) is 0 Å². The van der Waals surface area contributed by atoms with Gasteiger partial charge in [-0.15, -0.1) is 0 Å². The standard InChI is InChI=1S/C13H18BrN3/c1-9-4-6-17(7-5-9)12-8-10(14)2-3-11(12)13(15)16/h2-3,8-9H,4-7H2,1H3,(H3,15,16). The van der Waals surface area contributed by atoms with Crippen molar-refractivity contribution in [2.75, 3.05) is 18.0 Å². The summed E-state index contributed by atoms with van der Waals surface area (Å²) in [5, 5.41) is 7.64. The number of anilines is 1. The van der Waals surface area contributed by atoms with Gasteiger partial charge in [0.05, 0.1) is 0 Å². The Labute approximate surface area is 111 Å². The molecule has 0 bridgehead atoms. The summed E-state index contributed by atoms with van der Waals surface area (Å²) in [7, 11) is 0. The molecule has 3 N–H and O–H groups in total. The fourth-order valence-corrected chi connectivity index (χ4v) is 2.59. The maximum Gasteiger partial charge on any atom is 0.124 e. The molecule has 1 aliphatic heterocycles. The monoisotopic (exact) mass is 295 g/mol. The molecule has 0 amide bonds. The van der Waals surface area contributed by atoms with E-state index >= 15 is 0 Å². The van der Waals surface area contributed by atoms with E-state index in [0.29, 0.717) is 0 Å². The lowest BCUT2D eigenvalue weighted by Gasteiger charge is -2.33. The molecule has 2 rings (SSSR count). The van der Waals surface area contributed by atoms with E-state index in [4.69, 9.17) is 11.1 Å². The first-order chi connectivity index (χ1) is 8.08. The zero-order valence-electron chi connectivity index (χ0n) is 10.0. The minimum absolute atomic E-state index is 0.145. The van der Waals surface area contributed by atoms with Crippen LogP contribution < -0.4 is 10.6 Å². The van der Waals surface area contributed by atoms with Crippen LogP contribution in [0.25, 0.3) is 0 Å². The molecular weight excluding hydrogens is 278 g/mol. The number of nitrogen functional groups attached to an aromatic ring is 1. The van der Waals surface area contributed by atoms with E-state index in [1.165, 1.54) is 12.8 Å². The Balaban J connectivity index is 2.30. The summed E-state index contributed by atoms with van der Waals surface area (Å²) in [6.45, 7) is 4.40. The Hall–Kier alpha value is -1.03. The summed E-state index contributed by atoms with van der Waals surface area (Å²) < 4.78 is 1.04. The number of nitrogens with zero attached hydrogens (tertiary/aromatic N) is 1. The van der Waals surface area contributed by atoms with E-state index in [9.17, 15) is 0 Å². The van der Waals surface area contributed by atoms with Crippen molar-refractivity contribution in [2.24, 2.45) is 11.7 Å². The van der Waals surface area contributed by atoms with Crippen LogP contribution in [-0.4, -0.2) is 18.9 Å². The van der Waals surface area contributed by atoms with Gasteiger partial charge in [0.2, 0.25) is 0 Å². The van der Waals surface area contributed by atoms with Gasteiger partial charge in [-0.1, -0.05) is 22.9 Å². The van der Waals surface area contributed by atoms with Crippen molar-refractivity contribution in [1.82, 2.24) is 0 Å². The second-order valence-electron chi connectivity index (χ2n) is 4.74. The van der Waals surface area contributed by atoms with E-state index in [1.807, 2.05) is 12.1 Å². The topological polar surface area (TPSA) is 53.1 Å². The van der Waals surface area contributed by atoms with Gasteiger partial charge in [-0.3, -0.25) is 5.41 Å². The van der Waals surface area contributed by atoms with Crippen LogP contribution in [0.3, 0.4) is 0 Å². The number of benzene rings is 1. The number of rotatable bonds is 2. The molecule has 1 saturated heterocycles. The molecule has 0 unspecified atom stereocenters. The molecule has 1 aliphatic rings. The minimum atomic E-state index is 0.145. The van der Waals surface area contributed by atoms with Gasteiger partial charge >= 0.3 is 0 Å². The van der Waals surface area contributed by atoms with E-state index in [0.717, 1.165) is 34.7 Å². The van der Waals surface area contributed by atoms with Crippen LogP contribution in [-0.2, 0) is 0 Å². The van der Waals surface area contributed by atoms with Gasteiger partial charge in [0.1, 0.15) is 5.84 Å². The van der Waals surface area contributed by atoms with Crippen LogP contribution in [0.15, 0.2) is 22.7 Å². The van der Waals surface area contributed by atoms with E-state index in [1.54, 1.807) is 0 Å². The number of nitrogens with two attached hydrogens (primary N) is 1. The number of nitrogens with one attached hydrogen (secondary N) is 1. The number of piperidine rings is 1. The smallest absolute Gasteiger partial charge is 0.124 e. The summed E-state index contributed by atoms with van der Waals surface area (Å²) in [5.41, 5.74) is 7.56. The number of halogens is 1. The van der Waals surface area contributed by atoms with Crippen molar-refractivity contribution in [1.29, 1.82) is 5.41 Å². The first-order valence-corrected chi connectivity index (χ1v) is 6.76. The third-order valence-corrected chi connectivity index (χ3v) is 3.87. The largest absolute Gasteiger partial charge is 0.384 e. The lowest BCUT2D eigenvalue weighted by atomic mass is 9.98. The summed E-state index contributed by atoms with van der Waals surface area (Å²) in [4.78, 5) is 2.33. The van der Waals surface area contributed by atoms with Gasteiger partial charge in [-0.25, -0.2) is 0 Å². The van der Waals surface area contributed by atoms with Crippen LogP contribution in [0.5, 0.6) is 0 Å². The molecule has 0 spiro atoms. The summed E-state index contributed by atoms with van der Waals surface area (Å²) in [6.07, 6.45) is 2.42. The highest BCUT2D eigenvalue weighted by atomic mass is 79.9. The van der Waals surface area contributed by atoms with Crippen molar-refractivity contribution in [3.8, 4) is 0 Å². The van der Waals surface area contributed by atoms with E-state index in [2.05, 4.69) is 33.8 Å². The lowest BCUT2D eigenvalue weighted by molar-refractivity contribution is 0.438. The first-order valence-electron chi connectivity index (χ1n) is 5.97. The third kappa shape index (κ3) is 2.80. The molecule has 0 atom stereocenters. The van der Waals surface area contributed by atoms with Crippen LogP contribution in [0.4, 0.5) is 5.69 Å². The summed E-state index contributed by atoms with van der Waals surface area (Å²) >= 11 is 3.49. The molecule has 0 aliphatic carbocycles. The molecule has 3 nitrogen and oxygen atoms in total. The molecule has 0 aromatic heterocycles. The minimum Gasteiger partial charge on any atom is -0.384 e. The van der Waals surface area contributed by atoms with E-state index in [-0.39, 0.29) is 5.84 Å². The van der Waals surface area contributed by atoms with Gasteiger partial charge < -0.3 is 10.6 Å². The number of hydrogen-bond donors (Lipinski definition) is 2. The SMILES string of the molecule is CC1CCN(c2cc(Br)ccc2C(=N)N)CC1. The number of hydrogen-bond acceptors (Lipinski definition) is 2. The molecule has 17 heavy (non-hydrogen) atoms. The van der Waals surface area contributed by atoms with Gasteiger partial charge in [-0.2, -0.15) is 0 Å². The molecular formula is C13H18BrN3. The second-order valence-corrected chi connectivity index (χ2v) is 5.66. The Morgan fingerprint density at radius 2 is 2.06 bits per heavy atom. The van der Waals surface area contributed by atoms with Crippen molar-refractivity contribution in [2.45, 2.75) is 19.8 Å². The zero-order chi connectivity index (χ0) is 12.4. The number of amidine groups is 1. The molecule has 1 aromatic carbocycles. The van der Waals surface area contributed by atoms with Crippen molar-refractivity contribution >= 4 is 27.5 Å². The Morgan fingerprint density at radius 3 is 2.65 bits per heavy atom. The van der Waals surface area contributed by atoms with Crippen molar-refractivity contribution in [3.05, 3.63) is 28.2 Å². The molecule has 1 heterocycles. The summed E-state index contributed by atoms with van der Waals surface area (Å²) in [6, 6.07) is 5.92. The predicted molar refractivity (Wildman–Crippen MR) is 75.8 cm³/mol. The van der Waals surface area contributed by atoms with Gasteiger partial charge in [0, 0.05) is 28.8 Å². The molecule has 0 radical (unpaired) electrons. The maximum atomic E-state index is 7.64. The van der Waals surface area contributed by atoms with Crippen LogP contribution >= 0.6 is 15.9 Å². The molecule has 1 aromatic rings. The average molecular weight is 296 g/mol. The fraction of sp³-hybridized carbons (Fsp3) is 0.462. The second kappa shape index (κ2) is 5.08. The molecule has 1 fully saturated rings. The Morgan fingerprint density at radius 1 is 1.41 bits per heavy atom. The average Bonchev–Trinajstić information content (AvgIpc) is 2.29. The Kier molecular flexibility index (Phi) is 3.72. The first kappa shape index (κ1) is 12.4. The molecule has 0 saturated carbocycles. The maximum absolute atomic E-state index is 7.64. The van der Waals surface area contributed by atoms with Crippen LogP contribution in [0.1, 0.15) is 25.3 Å². The molecule has 92 valence electrons. The quantitative estimate of drug-likeness (QED) is 0.651. The van der Waals surface area contributed by atoms with Crippen molar-refractivity contribution < 1.29 is 0 Å². The van der Waals surface area contributed by atoms with Gasteiger partial charge in [0.25, 0.3) is 0 Å².